The number of hydrogen-bond acceptors (Lipinski definition) is 3. The SMILES string of the molecule is N#CC(=O)CCO. The smallest absolute Gasteiger partial charge is 0.234 e. The molecule has 0 spiro atoms. The maximum absolute atomic E-state index is 9.89. The topological polar surface area (TPSA) is 61.1 Å². The summed E-state index contributed by atoms with van der Waals surface area (Å²) in [5.74, 6) is -0.567. The van der Waals surface area contributed by atoms with Gasteiger partial charge < -0.3 is 5.11 Å². The van der Waals surface area contributed by atoms with Gasteiger partial charge in [-0.2, -0.15) is 5.26 Å². The first kappa shape index (κ1) is 6.12. The molecule has 0 aliphatic rings. The number of carbonyl (C=O) groups is 1. The first-order chi connectivity index (χ1) is 3.31. The van der Waals surface area contributed by atoms with Gasteiger partial charge in [0.2, 0.25) is 5.78 Å². The standard InChI is InChI=1S/C4H5NO2/c5-3-4(7)1-2-6/h6H,1-2H2. The van der Waals surface area contributed by atoms with E-state index in [1.165, 1.54) is 6.07 Å². The molecule has 7 heavy (non-hydrogen) atoms. The molecule has 0 unspecified atom stereocenters. The largest absolute Gasteiger partial charge is 0.396 e. The van der Waals surface area contributed by atoms with E-state index in [0.717, 1.165) is 0 Å². The highest BCUT2D eigenvalue weighted by atomic mass is 16.3. The molecule has 0 saturated heterocycles. The van der Waals surface area contributed by atoms with Crippen LogP contribution in [0.5, 0.6) is 0 Å². The summed E-state index contributed by atoms with van der Waals surface area (Å²) < 4.78 is 0. The second-order valence-electron chi connectivity index (χ2n) is 1.01. The number of nitriles is 1. The summed E-state index contributed by atoms with van der Waals surface area (Å²) in [6, 6.07) is 1.37. The van der Waals surface area contributed by atoms with Crippen molar-refractivity contribution in [3.05, 3.63) is 0 Å². The predicted octanol–water partition coefficient (Wildman–Crippen LogP) is -0.539. The number of hydrogen-bond donors (Lipinski definition) is 1. The van der Waals surface area contributed by atoms with Crippen molar-refractivity contribution >= 4 is 5.78 Å². The third-order valence-electron chi connectivity index (χ3n) is 0.464. The summed E-state index contributed by atoms with van der Waals surface area (Å²) in [5, 5.41) is 15.8. The number of rotatable bonds is 2. The van der Waals surface area contributed by atoms with Gasteiger partial charge in [-0.15, -0.1) is 0 Å². The molecule has 0 aromatic heterocycles. The van der Waals surface area contributed by atoms with Crippen LogP contribution in [0.1, 0.15) is 6.42 Å². The summed E-state index contributed by atoms with van der Waals surface area (Å²) >= 11 is 0. The van der Waals surface area contributed by atoms with Crippen molar-refractivity contribution in [1.82, 2.24) is 0 Å². The van der Waals surface area contributed by atoms with Gasteiger partial charge in [-0.05, 0) is 0 Å². The van der Waals surface area contributed by atoms with E-state index in [1.807, 2.05) is 0 Å². The lowest BCUT2D eigenvalue weighted by molar-refractivity contribution is -0.114. The first-order valence-electron chi connectivity index (χ1n) is 1.85. The summed E-state index contributed by atoms with van der Waals surface area (Å²) in [4.78, 5) is 9.89. The Morgan fingerprint density at radius 3 is 2.57 bits per heavy atom. The van der Waals surface area contributed by atoms with Gasteiger partial charge in [-0.25, -0.2) is 0 Å². The molecule has 0 atom stereocenters. The van der Waals surface area contributed by atoms with Crippen molar-refractivity contribution in [3.8, 4) is 6.07 Å². The van der Waals surface area contributed by atoms with E-state index < -0.39 is 5.78 Å². The van der Waals surface area contributed by atoms with Crippen molar-refractivity contribution < 1.29 is 9.90 Å². The van der Waals surface area contributed by atoms with Gasteiger partial charge in [0.15, 0.2) is 0 Å². The highest BCUT2D eigenvalue weighted by Crippen LogP contribution is 1.74. The number of ketones is 1. The molecule has 3 nitrogen and oxygen atoms in total. The number of nitrogens with zero attached hydrogens (tertiary/aromatic N) is 1. The quantitative estimate of drug-likeness (QED) is 0.473. The molecule has 0 heterocycles. The van der Waals surface area contributed by atoms with Crippen molar-refractivity contribution in [2.75, 3.05) is 6.61 Å². The minimum atomic E-state index is -0.567. The Balaban J connectivity index is 3.24. The fourth-order valence-electron chi connectivity index (χ4n) is 0.157. The van der Waals surface area contributed by atoms with E-state index in [4.69, 9.17) is 10.4 Å². The third-order valence-corrected chi connectivity index (χ3v) is 0.464. The average molecular weight is 99.1 g/mol. The minimum Gasteiger partial charge on any atom is -0.396 e. The Morgan fingerprint density at radius 1 is 1.86 bits per heavy atom. The van der Waals surface area contributed by atoms with Gasteiger partial charge in [-0.3, -0.25) is 4.79 Å². The summed E-state index contributed by atoms with van der Waals surface area (Å²) in [6.45, 7) is -0.230. The van der Waals surface area contributed by atoms with E-state index in [2.05, 4.69) is 0 Å². The lowest BCUT2D eigenvalue weighted by Crippen LogP contribution is -1.94. The van der Waals surface area contributed by atoms with Crippen molar-refractivity contribution in [2.24, 2.45) is 0 Å². The van der Waals surface area contributed by atoms with Crippen LogP contribution in [0, 0.1) is 11.3 Å². The van der Waals surface area contributed by atoms with E-state index in [-0.39, 0.29) is 13.0 Å². The lowest BCUT2D eigenvalue weighted by atomic mass is 10.3. The highest BCUT2D eigenvalue weighted by molar-refractivity contribution is 5.93. The fraction of sp³-hybridized carbons (Fsp3) is 0.500. The lowest BCUT2D eigenvalue weighted by Gasteiger charge is -1.78. The second-order valence-corrected chi connectivity index (χ2v) is 1.01. The summed E-state index contributed by atoms with van der Waals surface area (Å²) in [7, 11) is 0. The van der Waals surface area contributed by atoms with Crippen LogP contribution in [0.4, 0.5) is 0 Å². The average Bonchev–Trinajstić information content (AvgIpc) is 1.68. The molecule has 1 N–H and O–H groups in total. The van der Waals surface area contributed by atoms with Gasteiger partial charge in [0.05, 0.1) is 6.61 Å². The maximum atomic E-state index is 9.89. The number of carbonyl (C=O) groups excluding carboxylic acids is 1. The van der Waals surface area contributed by atoms with E-state index in [1.54, 1.807) is 0 Å². The van der Waals surface area contributed by atoms with Gasteiger partial charge in [0, 0.05) is 6.42 Å². The molecule has 0 amide bonds. The Hall–Kier alpha value is -0.880. The van der Waals surface area contributed by atoms with Crippen LogP contribution in [-0.2, 0) is 4.79 Å². The molecule has 38 valence electrons. The van der Waals surface area contributed by atoms with Crippen LogP contribution >= 0.6 is 0 Å². The van der Waals surface area contributed by atoms with Crippen LogP contribution < -0.4 is 0 Å². The van der Waals surface area contributed by atoms with E-state index in [9.17, 15) is 4.79 Å². The van der Waals surface area contributed by atoms with Crippen LogP contribution in [0.25, 0.3) is 0 Å². The number of Topliss-reactive ketones (excluding diaryl/α,β-unsaturated/α-hetero) is 1. The molecule has 0 fully saturated rings. The van der Waals surface area contributed by atoms with Crippen LogP contribution in [0.3, 0.4) is 0 Å². The molecular weight excluding hydrogens is 94.0 g/mol. The molecule has 0 rings (SSSR count). The zero-order chi connectivity index (χ0) is 5.70. The zero-order valence-corrected chi connectivity index (χ0v) is 3.72. The highest BCUT2D eigenvalue weighted by Gasteiger charge is 1.92. The Labute approximate surface area is 41.2 Å². The third kappa shape index (κ3) is 2.94. The van der Waals surface area contributed by atoms with Gasteiger partial charge >= 0.3 is 0 Å². The van der Waals surface area contributed by atoms with Gasteiger partial charge in [0.25, 0.3) is 0 Å². The Morgan fingerprint density at radius 2 is 2.43 bits per heavy atom. The first-order valence-corrected chi connectivity index (χ1v) is 1.85. The monoisotopic (exact) mass is 99.0 g/mol. The molecule has 0 aliphatic carbocycles. The molecule has 0 aromatic carbocycles. The Bertz CT molecular complexity index is 103. The predicted molar refractivity (Wildman–Crippen MR) is 22.3 cm³/mol. The normalized spacial score (nSPS) is 7.43. The van der Waals surface area contributed by atoms with Crippen molar-refractivity contribution in [1.29, 1.82) is 5.26 Å². The fourth-order valence-corrected chi connectivity index (χ4v) is 0.157. The summed E-state index contributed by atoms with van der Waals surface area (Å²) in [5.41, 5.74) is 0. The van der Waals surface area contributed by atoms with Crippen molar-refractivity contribution in [2.45, 2.75) is 6.42 Å². The number of aliphatic hydroxyl groups excluding tert-OH is 1. The van der Waals surface area contributed by atoms with E-state index in [0.29, 0.717) is 0 Å². The van der Waals surface area contributed by atoms with Crippen LogP contribution in [0.2, 0.25) is 0 Å². The Kier molecular flexibility index (Phi) is 2.90. The molecule has 0 saturated carbocycles. The van der Waals surface area contributed by atoms with Crippen molar-refractivity contribution in [3.63, 3.8) is 0 Å². The van der Waals surface area contributed by atoms with Crippen LogP contribution in [-0.4, -0.2) is 17.5 Å². The summed E-state index contributed by atoms with van der Waals surface area (Å²) in [6.07, 6.45) is -0.0451. The molecule has 0 aliphatic heterocycles. The second kappa shape index (κ2) is 3.32. The van der Waals surface area contributed by atoms with Crippen LogP contribution in [0.15, 0.2) is 0 Å². The number of aliphatic hydroxyl groups is 1. The molecule has 0 radical (unpaired) electrons. The molecular formula is C4H5NO2. The maximum Gasteiger partial charge on any atom is 0.234 e. The van der Waals surface area contributed by atoms with E-state index >= 15 is 0 Å². The zero-order valence-electron chi connectivity index (χ0n) is 3.72. The molecule has 0 aromatic rings. The van der Waals surface area contributed by atoms with Gasteiger partial charge in [0.1, 0.15) is 6.07 Å². The van der Waals surface area contributed by atoms with Gasteiger partial charge in [-0.1, -0.05) is 0 Å². The molecule has 0 bridgehead atoms. The molecule has 3 heteroatoms. The minimum absolute atomic E-state index is 0.0451.